The van der Waals surface area contributed by atoms with Crippen molar-refractivity contribution in [2.24, 2.45) is 0 Å². The van der Waals surface area contributed by atoms with Crippen molar-refractivity contribution in [3.05, 3.63) is 77.7 Å². The number of halogens is 1. The molecule has 27 heavy (non-hydrogen) atoms. The lowest BCUT2D eigenvalue weighted by Crippen LogP contribution is -2.46. The summed E-state index contributed by atoms with van der Waals surface area (Å²) in [4.78, 5) is 2.30. The molecule has 140 valence electrons. The Labute approximate surface area is 157 Å². The van der Waals surface area contributed by atoms with Gasteiger partial charge in [-0.3, -0.25) is 10.00 Å². The van der Waals surface area contributed by atoms with Gasteiger partial charge in [-0.15, -0.1) is 0 Å². The second-order valence-corrected chi connectivity index (χ2v) is 6.69. The Kier molecular flexibility index (Phi) is 5.29. The molecule has 1 fully saturated rings. The topological polar surface area (TPSA) is 61.4 Å². The van der Waals surface area contributed by atoms with E-state index in [1.54, 1.807) is 12.1 Å². The summed E-state index contributed by atoms with van der Waals surface area (Å²) in [5, 5.41) is 17.0. The number of aromatic nitrogens is 2. The molecule has 5 nitrogen and oxygen atoms in total. The average molecular weight is 367 g/mol. The van der Waals surface area contributed by atoms with Crippen molar-refractivity contribution >= 4 is 0 Å². The standard InChI is InChI=1S/C21H22FN3O2/c22-18-8-6-15(7-9-18)20-17(12-23-24-20)13-25-10-11-27-19(14-26)21(25)16-4-2-1-3-5-16/h1-9,12,19,21,26H,10-11,13-14H2,(H,23,24)/t19-,21-/m1/s1. The van der Waals surface area contributed by atoms with Gasteiger partial charge in [0.1, 0.15) is 11.9 Å². The van der Waals surface area contributed by atoms with E-state index in [0.717, 1.165) is 28.9 Å². The van der Waals surface area contributed by atoms with E-state index in [9.17, 15) is 9.50 Å². The van der Waals surface area contributed by atoms with Crippen LogP contribution >= 0.6 is 0 Å². The first-order chi connectivity index (χ1) is 13.3. The molecule has 0 radical (unpaired) electrons. The van der Waals surface area contributed by atoms with E-state index in [1.165, 1.54) is 12.1 Å². The summed E-state index contributed by atoms with van der Waals surface area (Å²) < 4.78 is 19.1. The van der Waals surface area contributed by atoms with Crippen LogP contribution in [0, 0.1) is 5.82 Å². The van der Waals surface area contributed by atoms with Crippen LogP contribution in [-0.4, -0.2) is 46.1 Å². The van der Waals surface area contributed by atoms with Crippen molar-refractivity contribution in [1.29, 1.82) is 0 Å². The van der Waals surface area contributed by atoms with Crippen molar-refractivity contribution in [1.82, 2.24) is 15.1 Å². The molecule has 6 heteroatoms. The Morgan fingerprint density at radius 1 is 1.15 bits per heavy atom. The normalized spacial score (nSPS) is 20.7. The van der Waals surface area contributed by atoms with E-state index >= 15 is 0 Å². The highest BCUT2D eigenvalue weighted by molar-refractivity contribution is 5.62. The van der Waals surface area contributed by atoms with Crippen molar-refractivity contribution in [3.8, 4) is 11.3 Å². The summed E-state index contributed by atoms with van der Waals surface area (Å²) in [6.45, 7) is 1.94. The molecular weight excluding hydrogens is 345 g/mol. The van der Waals surface area contributed by atoms with Gasteiger partial charge in [0.05, 0.1) is 31.1 Å². The zero-order valence-corrected chi connectivity index (χ0v) is 14.9. The van der Waals surface area contributed by atoms with Crippen LogP contribution in [0.5, 0.6) is 0 Å². The average Bonchev–Trinajstić information content (AvgIpc) is 3.17. The molecule has 1 saturated heterocycles. The minimum absolute atomic E-state index is 0.0354. The van der Waals surface area contributed by atoms with Gasteiger partial charge in [0.15, 0.2) is 0 Å². The van der Waals surface area contributed by atoms with Gasteiger partial charge in [-0.1, -0.05) is 30.3 Å². The molecule has 2 aromatic carbocycles. The number of nitrogens with zero attached hydrogens (tertiary/aromatic N) is 2. The minimum Gasteiger partial charge on any atom is -0.394 e. The van der Waals surface area contributed by atoms with E-state index in [1.807, 2.05) is 24.4 Å². The summed E-state index contributed by atoms with van der Waals surface area (Å²) in [6, 6.07) is 16.4. The minimum atomic E-state index is -0.276. The molecule has 0 aliphatic carbocycles. The van der Waals surface area contributed by atoms with E-state index < -0.39 is 0 Å². The number of hydrogen-bond donors (Lipinski definition) is 2. The van der Waals surface area contributed by atoms with Crippen LogP contribution < -0.4 is 0 Å². The third kappa shape index (κ3) is 3.78. The van der Waals surface area contributed by atoms with Crippen LogP contribution in [0.2, 0.25) is 0 Å². The van der Waals surface area contributed by atoms with Gasteiger partial charge >= 0.3 is 0 Å². The zero-order valence-electron chi connectivity index (χ0n) is 14.9. The lowest BCUT2D eigenvalue weighted by molar-refractivity contribution is -0.0960. The number of ether oxygens (including phenoxy) is 1. The number of nitrogens with one attached hydrogen (secondary N) is 1. The van der Waals surface area contributed by atoms with E-state index in [2.05, 4.69) is 27.2 Å². The number of morpholine rings is 1. The summed E-state index contributed by atoms with van der Waals surface area (Å²) in [6.07, 6.45) is 1.53. The summed E-state index contributed by atoms with van der Waals surface area (Å²) >= 11 is 0. The summed E-state index contributed by atoms with van der Waals surface area (Å²) in [7, 11) is 0. The molecule has 0 spiro atoms. The predicted octanol–water partition coefficient (Wildman–Crippen LogP) is 3.15. The van der Waals surface area contributed by atoms with Crippen LogP contribution in [0.3, 0.4) is 0 Å². The molecule has 1 aromatic heterocycles. The fraction of sp³-hybridized carbons (Fsp3) is 0.286. The lowest BCUT2D eigenvalue weighted by atomic mass is 9.97. The van der Waals surface area contributed by atoms with Gasteiger partial charge in [-0.05, 0) is 29.8 Å². The van der Waals surface area contributed by atoms with Crippen molar-refractivity contribution < 1.29 is 14.2 Å². The number of aliphatic hydroxyl groups is 1. The molecule has 1 aliphatic heterocycles. The second kappa shape index (κ2) is 8.00. The number of aliphatic hydroxyl groups excluding tert-OH is 1. The van der Waals surface area contributed by atoms with Crippen LogP contribution in [0.4, 0.5) is 4.39 Å². The largest absolute Gasteiger partial charge is 0.394 e. The van der Waals surface area contributed by atoms with Crippen LogP contribution in [0.25, 0.3) is 11.3 Å². The molecular formula is C21H22FN3O2. The van der Waals surface area contributed by atoms with Gasteiger partial charge in [-0.2, -0.15) is 5.10 Å². The number of benzene rings is 2. The van der Waals surface area contributed by atoms with Crippen LogP contribution in [-0.2, 0) is 11.3 Å². The lowest BCUT2D eigenvalue weighted by Gasteiger charge is -2.41. The Morgan fingerprint density at radius 2 is 1.93 bits per heavy atom. The molecule has 1 aliphatic rings. The smallest absolute Gasteiger partial charge is 0.123 e. The first-order valence-electron chi connectivity index (χ1n) is 9.06. The van der Waals surface area contributed by atoms with Crippen LogP contribution in [0.1, 0.15) is 17.2 Å². The fourth-order valence-electron chi connectivity index (χ4n) is 3.71. The number of rotatable bonds is 5. The summed E-state index contributed by atoms with van der Waals surface area (Å²) in [5.41, 5.74) is 3.92. The highest BCUT2D eigenvalue weighted by atomic mass is 19.1. The molecule has 4 rings (SSSR count). The fourth-order valence-corrected chi connectivity index (χ4v) is 3.71. The van der Waals surface area contributed by atoms with E-state index in [0.29, 0.717) is 13.2 Å². The summed E-state index contributed by atoms with van der Waals surface area (Å²) in [5.74, 6) is -0.261. The molecule has 0 saturated carbocycles. The first kappa shape index (κ1) is 17.9. The van der Waals surface area contributed by atoms with Crippen LogP contribution in [0.15, 0.2) is 60.8 Å². The maximum atomic E-state index is 13.3. The Bertz CT molecular complexity index is 867. The van der Waals surface area contributed by atoms with Gasteiger partial charge in [0.25, 0.3) is 0 Å². The van der Waals surface area contributed by atoms with Crippen molar-refractivity contribution in [2.45, 2.75) is 18.7 Å². The number of hydrogen-bond acceptors (Lipinski definition) is 4. The quantitative estimate of drug-likeness (QED) is 0.727. The Morgan fingerprint density at radius 3 is 2.67 bits per heavy atom. The maximum Gasteiger partial charge on any atom is 0.123 e. The third-order valence-electron chi connectivity index (χ3n) is 5.00. The monoisotopic (exact) mass is 367 g/mol. The van der Waals surface area contributed by atoms with Gasteiger partial charge in [0, 0.05) is 24.2 Å². The zero-order chi connectivity index (χ0) is 18.6. The molecule has 0 bridgehead atoms. The van der Waals surface area contributed by atoms with Crippen molar-refractivity contribution in [2.75, 3.05) is 19.8 Å². The molecule has 0 unspecified atom stereocenters. The highest BCUT2D eigenvalue weighted by Crippen LogP contribution is 2.32. The SMILES string of the molecule is OC[C@H]1OCCN(Cc2cn[nH]c2-c2ccc(F)cc2)[C@@H]1c1ccccc1. The Hall–Kier alpha value is -2.54. The van der Waals surface area contributed by atoms with E-state index in [-0.39, 0.29) is 24.6 Å². The second-order valence-electron chi connectivity index (χ2n) is 6.69. The molecule has 2 N–H and O–H groups in total. The van der Waals surface area contributed by atoms with Gasteiger partial charge in [-0.25, -0.2) is 4.39 Å². The maximum absolute atomic E-state index is 13.3. The predicted molar refractivity (Wildman–Crippen MR) is 100 cm³/mol. The number of aromatic amines is 1. The molecule has 2 heterocycles. The number of H-pyrrole nitrogens is 1. The van der Waals surface area contributed by atoms with Gasteiger partial charge in [0.2, 0.25) is 0 Å². The van der Waals surface area contributed by atoms with E-state index in [4.69, 9.17) is 4.74 Å². The Balaban J connectivity index is 1.63. The van der Waals surface area contributed by atoms with Gasteiger partial charge < -0.3 is 9.84 Å². The molecule has 0 amide bonds. The van der Waals surface area contributed by atoms with Crippen molar-refractivity contribution in [3.63, 3.8) is 0 Å². The highest BCUT2D eigenvalue weighted by Gasteiger charge is 2.33. The molecule has 2 atom stereocenters. The third-order valence-corrected chi connectivity index (χ3v) is 5.00. The molecule has 3 aromatic rings. The first-order valence-corrected chi connectivity index (χ1v) is 9.06.